The smallest absolute Gasteiger partial charge is 0.227 e. The maximum absolute atomic E-state index is 12.4. The summed E-state index contributed by atoms with van der Waals surface area (Å²) in [5.74, 6) is 0.783. The predicted octanol–water partition coefficient (Wildman–Crippen LogP) is 2.30. The Morgan fingerprint density at radius 1 is 1.17 bits per heavy atom. The van der Waals surface area contributed by atoms with E-state index in [0.29, 0.717) is 23.3 Å². The topological polar surface area (TPSA) is 55.1 Å². The molecule has 2 aliphatic carbocycles. The number of hydrogen-bond acceptors (Lipinski definition) is 2. The Bertz CT molecular complexity index is 326. The van der Waals surface area contributed by atoms with Gasteiger partial charge in [-0.25, -0.2) is 0 Å². The van der Waals surface area contributed by atoms with Crippen LogP contribution in [0.5, 0.6) is 0 Å². The summed E-state index contributed by atoms with van der Waals surface area (Å²) in [6.45, 7) is 10.5. The summed E-state index contributed by atoms with van der Waals surface area (Å²) in [5, 5.41) is 3.17. The van der Waals surface area contributed by atoms with Crippen LogP contribution in [0.4, 0.5) is 0 Å². The highest BCUT2D eigenvalue weighted by molar-refractivity contribution is 5.83. The normalized spacial score (nSPS) is 28.1. The zero-order valence-corrected chi connectivity index (χ0v) is 12.3. The number of amides is 1. The Morgan fingerprint density at radius 2 is 1.67 bits per heavy atom. The van der Waals surface area contributed by atoms with Crippen LogP contribution in [0, 0.1) is 22.2 Å². The van der Waals surface area contributed by atoms with Gasteiger partial charge in [0.25, 0.3) is 0 Å². The zero-order chi connectivity index (χ0) is 13.6. The number of carbonyl (C=O) groups is 1. The monoisotopic (exact) mass is 252 g/mol. The molecule has 104 valence electrons. The Morgan fingerprint density at radius 3 is 2.06 bits per heavy atom. The summed E-state index contributed by atoms with van der Waals surface area (Å²) < 4.78 is 0. The fraction of sp³-hybridized carbons (Fsp3) is 0.933. The molecule has 2 aliphatic rings. The molecule has 0 saturated heterocycles. The molecule has 0 radical (unpaired) electrons. The second-order valence-corrected chi connectivity index (χ2v) is 7.40. The number of nitrogens with two attached hydrogens (primary N) is 1. The number of nitrogens with one attached hydrogen (secondary N) is 1. The van der Waals surface area contributed by atoms with Gasteiger partial charge in [0.05, 0.1) is 5.41 Å². The molecule has 1 amide bonds. The minimum Gasteiger partial charge on any atom is -0.355 e. The third-order valence-corrected chi connectivity index (χ3v) is 6.22. The minimum atomic E-state index is -0.261. The van der Waals surface area contributed by atoms with E-state index >= 15 is 0 Å². The summed E-state index contributed by atoms with van der Waals surface area (Å²) >= 11 is 0. The lowest BCUT2D eigenvalue weighted by Crippen LogP contribution is -2.45. The van der Waals surface area contributed by atoms with Crippen LogP contribution in [0.1, 0.15) is 53.4 Å². The minimum absolute atomic E-state index is 0.195. The van der Waals surface area contributed by atoms with Crippen molar-refractivity contribution in [2.24, 2.45) is 27.9 Å². The second-order valence-electron chi connectivity index (χ2n) is 7.40. The summed E-state index contributed by atoms with van der Waals surface area (Å²) in [7, 11) is 0. The highest BCUT2D eigenvalue weighted by atomic mass is 16.2. The highest BCUT2D eigenvalue weighted by Crippen LogP contribution is 2.67. The van der Waals surface area contributed by atoms with Crippen LogP contribution in [0.15, 0.2) is 0 Å². The molecule has 2 fully saturated rings. The SMILES string of the molecule is CC1(C)C(CNC(=O)C2(CN)CCCC2)C1(C)C. The molecule has 3 N–H and O–H groups in total. The average molecular weight is 252 g/mol. The van der Waals surface area contributed by atoms with Crippen molar-refractivity contribution in [1.29, 1.82) is 0 Å². The van der Waals surface area contributed by atoms with E-state index in [1.54, 1.807) is 0 Å². The average Bonchev–Trinajstić information content (AvgIpc) is 2.72. The van der Waals surface area contributed by atoms with Crippen molar-refractivity contribution in [3.63, 3.8) is 0 Å². The first-order valence-corrected chi connectivity index (χ1v) is 7.26. The first-order chi connectivity index (χ1) is 8.28. The molecular formula is C15H28N2O. The number of carbonyl (C=O) groups excluding carboxylic acids is 1. The quantitative estimate of drug-likeness (QED) is 0.806. The summed E-state index contributed by atoms with van der Waals surface area (Å²) in [5.41, 5.74) is 6.25. The second kappa shape index (κ2) is 4.22. The van der Waals surface area contributed by atoms with Crippen molar-refractivity contribution in [1.82, 2.24) is 5.32 Å². The van der Waals surface area contributed by atoms with Gasteiger partial charge in [0, 0.05) is 13.1 Å². The summed E-state index contributed by atoms with van der Waals surface area (Å²) in [4.78, 5) is 12.4. The molecule has 0 aliphatic heterocycles. The Hall–Kier alpha value is -0.570. The van der Waals surface area contributed by atoms with Gasteiger partial charge in [-0.15, -0.1) is 0 Å². The molecule has 18 heavy (non-hydrogen) atoms. The highest BCUT2D eigenvalue weighted by Gasteiger charge is 2.64. The van der Waals surface area contributed by atoms with Crippen LogP contribution in [0.3, 0.4) is 0 Å². The van der Waals surface area contributed by atoms with E-state index in [2.05, 4.69) is 33.0 Å². The van der Waals surface area contributed by atoms with Crippen molar-refractivity contribution < 1.29 is 4.79 Å². The Kier molecular flexibility index (Phi) is 3.25. The molecule has 0 spiro atoms. The van der Waals surface area contributed by atoms with Crippen molar-refractivity contribution in [2.75, 3.05) is 13.1 Å². The van der Waals surface area contributed by atoms with Crippen LogP contribution in [-0.2, 0) is 4.79 Å². The van der Waals surface area contributed by atoms with E-state index in [1.807, 2.05) is 0 Å². The third kappa shape index (κ3) is 1.87. The molecule has 0 atom stereocenters. The first-order valence-electron chi connectivity index (χ1n) is 7.26. The van der Waals surface area contributed by atoms with Gasteiger partial charge in [-0.2, -0.15) is 0 Å². The number of rotatable bonds is 4. The van der Waals surface area contributed by atoms with E-state index in [4.69, 9.17) is 5.73 Å². The predicted molar refractivity (Wildman–Crippen MR) is 74.0 cm³/mol. The maximum Gasteiger partial charge on any atom is 0.227 e. The first kappa shape index (κ1) is 13.9. The fourth-order valence-electron chi connectivity index (χ4n) is 3.80. The van der Waals surface area contributed by atoms with Crippen molar-refractivity contribution in [3.8, 4) is 0 Å². The van der Waals surface area contributed by atoms with Gasteiger partial charge in [0.2, 0.25) is 5.91 Å². The van der Waals surface area contributed by atoms with Crippen molar-refractivity contribution in [2.45, 2.75) is 53.4 Å². The molecule has 0 aromatic heterocycles. The summed E-state index contributed by atoms with van der Waals surface area (Å²) in [6.07, 6.45) is 4.22. The van der Waals surface area contributed by atoms with Gasteiger partial charge in [0.1, 0.15) is 0 Å². The molecule has 0 bridgehead atoms. The van der Waals surface area contributed by atoms with Gasteiger partial charge in [-0.1, -0.05) is 40.5 Å². The third-order valence-electron chi connectivity index (χ3n) is 6.22. The van der Waals surface area contributed by atoms with E-state index in [0.717, 1.165) is 32.2 Å². The summed E-state index contributed by atoms with van der Waals surface area (Å²) in [6, 6.07) is 0. The van der Waals surface area contributed by atoms with E-state index in [9.17, 15) is 4.79 Å². The van der Waals surface area contributed by atoms with E-state index < -0.39 is 0 Å². The van der Waals surface area contributed by atoms with Gasteiger partial charge in [-0.05, 0) is 29.6 Å². The molecule has 0 heterocycles. The molecule has 0 aromatic rings. The largest absolute Gasteiger partial charge is 0.355 e. The lowest BCUT2D eigenvalue weighted by molar-refractivity contribution is -0.130. The molecular weight excluding hydrogens is 224 g/mol. The number of hydrogen-bond donors (Lipinski definition) is 2. The van der Waals surface area contributed by atoms with Crippen molar-refractivity contribution >= 4 is 5.91 Å². The van der Waals surface area contributed by atoms with E-state index in [1.165, 1.54) is 0 Å². The molecule has 0 unspecified atom stereocenters. The van der Waals surface area contributed by atoms with E-state index in [-0.39, 0.29) is 11.3 Å². The van der Waals surface area contributed by atoms with Crippen LogP contribution in [0.25, 0.3) is 0 Å². The van der Waals surface area contributed by atoms with Gasteiger partial charge >= 0.3 is 0 Å². The van der Waals surface area contributed by atoms with Crippen LogP contribution in [0.2, 0.25) is 0 Å². The zero-order valence-electron chi connectivity index (χ0n) is 12.3. The molecule has 0 aromatic carbocycles. The Balaban J connectivity index is 1.90. The molecule has 3 nitrogen and oxygen atoms in total. The van der Waals surface area contributed by atoms with Gasteiger partial charge in [0.15, 0.2) is 0 Å². The van der Waals surface area contributed by atoms with Crippen LogP contribution < -0.4 is 11.1 Å². The van der Waals surface area contributed by atoms with Crippen LogP contribution >= 0.6 is 0 Å². The molecule has 3 heteroatoms. The molecule has 2 saturated carbocycles. The maximum atomic E-state index is 12.4. The van der Waals surface area contributed by atoms with Gasteiger partial charge < -0.3 is 11.1 Å². The lowest BCUT2D eigenvalue weighted by atomic mass is 9.85. The Labute approximate surface area is 111 Å². The standard InChI is InChI=1S/C15H28N2O/c1-13(2)11(14(13,3)4)9-17-12(18)15(10-16)7-5-6-8-15/h11H,5-10,16H2,1-4H3,(H,17,18). The van der Waals surface area contributed by atoms with Crippen molar-refractivity contribution in [3.05, 3.63) is 0 Å². The lowest BCUT2D eigenvalue weighted by Gasteiger charge is -2.26. The van der Waals surface area contributed by atoms with Crippen LogP contribution in [-0.4, -0.2) is 19.0 Å². The fourth-order valence-corrected chi connectivity index (χ4v) is 3.80. The molecule has 2 rings (SSSR count). The van der Waals surface area contributed by atoms with Gasteiger partial charge in [-0.3, -0.25) is 4.79 Å².